The molecule has 0 bridgehead atoms. The first-order chi connectivity index (χ1) is 17.9. The molecule has 0 radical (unpaired) electrons. The standard InChI is InChI=1S/C29H31N5O3/c1-32-10-9-22-21(15-33-13-18-3-2-4-19(18)14-33)12-24(30-27(22)32)17-5-6-23-20(11-17)16-34(29(23)37)25-7-8-26(35)31-28(25)36/h5-6,9-12,18-19,25H,2-4,7-8,13-16H2,1H3,(H,31,35,36). The van der Waals surface area contributed by atoms with Crippen molar-refractivity contribution in [2.75, 3.05) is 13.1 Å². The van der Waals surface area contributed by atoms with E-state index in [-0.39, 0.29) is 24.1 Å². The zero-order valence-corrected chi connectivity index (χ0v) is 21.1. The molecule has 1 aliphatic carbocycles. The smallest absolute Gasteiger partial charge is 0.255 e. The summed E-state index contributed by atoms with van der Waals surface area (Å²) in [4.78, 5) is 46.3. The molecule has 8 nitrogen and oxygen atoms in total. The third-order valence-corrected chi connectivity index (χ3v) is 8.94. The van der Waals surface area contributed by atoms with Gasteiger partial charge in [-0.15, -0.1) is 0 Å². The van der Waals surface area contributed by atoms with Crippen LogP contribution in [0.3, 0.4) is 0 Å². The van der Waals surface area contributed by atoms with Gasteiger partial charge in [0.25, 0.3) is 5.91 Å². The minimum atomic E-state index is -0.606. The molecular weight excluding hydrogens is 466 g/mol. The Hall–Kier alpha value is -3.52. The highest BCUT2D eigenvalue weighted by Crippen LogP contribution is 2.39. The average molecular weight is 498 g/mol. The van der Waals surface area contributed by atoms with Crippen molar-refractivity contribution in [2.45, 2.75) is 51.2 Å². The Morgan fingerprint density at radius 2 is 1.84 bits per heavy atom. The van der Waals surface area contributed by atoms with Crippen LogP contribution >= 0.6 is 0 Å². The van der Waals surface area contributed by atoms with E-state index in [2.05, 4.69) is 33.1 Å². The number of aromatic nitrogens is 2. The lowest BCUT2D eigenvalue weighted by molar-refractivity contribution is -0.136. The fourth-order valence-electron chi connectivity index (χ4n) is 7.02. The van der Waals surface area contributed by atoms with Gasteiger partial charge in [-0.2, -0.15) is 0 Å². The van der Waals surface area contributed by atoms with Crippen molar-refractivity contribution < 1.29 is 14.4 Å². The van der Waals surface area contributed by atoms with Gasteiger partial charge >= 0.3 is 0 Å². The number of amides is 3. The van der Waals surface area contributed by atoms with Crippen LogP contribution in [0.1, 0.15) is 53.6 Å². The predicted molar refractivity (Wildman–Crippen MR) is 138 cm³/mol. The van der Waals surface area contributed by atoms with Gasteiger partial charge in [-0.05, 0) is 66.5 Å². The number of benzene rings is 1. The van der Waals surface area contributed by atoms with Crippen molar-refractivity contribution in [2.24, 2.45) is 18.9 Å². The van der Waals surface area contributed by atoms with Crippen LogP contribution in [0.25, 0.3) is 22.3 Å². The minimum absolute atomic E-state index is 0.151. The lowest BCUT2D eigenvalue weighted by Gasteiger charge is -2.29. The zero-order valence-electron chi connectivity index (χ0n) is 21.1. The van der Waals surface area contributed by atoms with Gasteiger partial charge < -0.3 is 9.47 Å². The highest BCUT2D eigenvalue weighted by Gasteiger charge is 2.39. The van der Waals surface area contributed by atoms with Gasteiger partial charge in [-0.1, -0.05) is 12.5 Å². The highest BCUT2D eigenvalue weighted by atomic mass is 16.2. The lowest BCUT2D eigenvalue weighted by atomic mass is 10.0. The number of nitrogens with zero attached hydrogens (tertiary/aromatic N) is 4. The van der Waals surface area contributed by atoms with Crippen molar-refractivity contribution in [3.8, 4) is 11.3 Å². The van der Waals surface area contributed by atoms with Gasteiger partial charge in [-0.3, -0.25) is 24.6 Å². The molecule has 3 aromatic rings. The number of hydrogen-bond donors (Lipinski definition) is 1. The first-order valence-electron chi connectivity index (χ1n) is 13.4. The van der Waals surface area contributed by atoms with Gasteiger partial charge in [-0.25, -0.2) is 4.98 Å². The first-order valence-corrected chi connectivity index (χ1v) is 13.4. The summed E-state index contributed by atoms with van der Waals surface area (Å²) in [6.07, 6.45) is 6.81. The van der Waals surface area contributed by atoms with Gasteiger partial charge in [0.15, 0.2) is 0 Å². The Morgan fingerprint density at radius 3 is 2.62 bits per heavy atom. The molecule has 3 atom stereocenters. The summed E-state index contributed by atoms with van der Waals surface area (Å²) in [5.74, 6) is 0.900. The predicted octanol–water partition coefficient (Wildman–Crippen LogP) is 3.23. The SMILES string of the molecule is Cn1ccc2c(CN3CC4CCCC4C3)cc(-c3ccc4c(c3)CN(C3CCC(=O)NC3=O)C4=O)nc21. The quantitative estimate of drug-likeness (QED) is 0.560. The molecule has 3 aliphatic heterocycles. The van der Waals surface area contributed by atoms with Crippen molar-refractivity contribution >= 4 is 28.8 Å². The summed E-state index contributed by atoms with van der Waals surface area (Å²) in [6, 6.07) is 9.64. The molecule has 2 saturated heterocycles. The Morgan fingerprint density at radius 1 is 1.03 bits per heavy atom. The Kier molecular flexibility index (Phi) is 5.22. The maximum Gasteiger partial charge on any atom is 0.255 e. The summed E-state index contributed by atoms with van der Waals surface area (Å²) in [5.41, 5.74) is 5.65. The molecule has 0 spiro atoms. The molecule has 4 aliphatic rings. The first kappa shape index (κ1) is 22.7. The number of fused-ring (bicyclic) bond motifs is 3. The third-order valence-electron chi connectivity index (χ3n) is 8.94. The molecule has 3 unspecified atom stereocenters. The average Bonchev–Trinajstić information content (AvgIpc) is 3.63. The number of likely N-dealkylation sites (tertiary alicyclic amines) is 1. The second-order valence-corrected chi connectivity index (χ2v) is 11.2. The Labute approximate surface area is 215 Å². The topological polar surface area (TPSA) is 87.5 Å². The van der Waals surface area contributed by atoms with Crippen LogP contribution in [0.5, 0.6) is 0 Å². The van der Waals surface area contributed by atoms with E-state index in [4.69, 9.17) is 4.98 Å². The molecule has 8 heteroatoms. The molecule has 1 saturated carbocycles. The number of pyridine rings is 1. The normalized spacial score (nSPS) is 25.7. The molecule has 3 amide bonds. The number of piperidine rings is 1. The number of carbonyl (C=O) groups excluding carboxylic acids is 3. The van der Waals surface area contributed by atoms with E-state index in [1.54, 1.807) is 4.90 Å². The lowest BCUT2D eigenvalue weighted by Crippen LogP contribution is -2.52. The fraction of sp³-hybridized carbons (Fsp3) is 0.448. The molecule has 7 rings (SSSR count). The largest absolute Gasteiger partial charge is 0.336 e. The van der Waals surface area contributed by atoms with Crippen LogP contribution in [-0.4, -0.2) is 56.2 Å². The van der Waals surface area contributed by atoms with Crippen LogP contribution in [0.2, 0.25) is 0 Å². The monoisotopic (exact) mass is 497 g/mol. The number of nitrogens with one attached hydrogen (secondary N) is 1. The highest BCUT2D eigenvalue weighted by molar-refractivity contribution is 6.05. The summed E-state index contributed by atoms with van der Waals surface area (Å²) in [7, 11) is 2.03. The van der Waals surface area contributed by atoms with E-state index in [9.17, 15) is 14.4 Å². The van der Waals surface area contributed by atoms with Gasteiger partial charge in [0.1, 0.15) is 11.7 Å². The summed E-state index contributed by atoms with van der Waals surface area (Å²) in [5, 5.41) is 3.57. The van der Waals surface area contributed by atoms with Crippen molar-refractivity contribution in [1.29, 1.82) is 0 Å². The second kappa shape index (κ2) is 8.52. The van der Waals surface area contributed by atoms with E-state index in [1.807, 2.05) is 25.2 Å². The van der Waals surface area contributed by atoms with Crippen LogP contribution in [0.4, 0.5) is 0 Å². The summed E-state index contributed by atoms with van der Waals surface area (Å²) >= 11 is 0. The molecule has 3 fully saturated rings. The van der Waals surface area contributed by atoms with E-state index >= 15 is 0 Å². The minimum Gasteiger partial charge on any atom is -0.336 e. The van der Waals surface area contributed by atoms with Crippen molar-refractivity contribution in [3.05, 3.63) is 53.2 Å². The fourth-order valence-corrected chi connectivity index (χ4v) is 7.02. The maximum absolute atomic E-state index is 13.1. The molecule has 190 valence electrons. The van der Waals surface area contributed by atoms with Gasteiger partial charge in [0.05, 0.1) is 5.69 Å². The Balaban J connectivity index is 1.19. The molecule has 5 heterocycles. The molecule has 37 heavy (non-hydrogen) atoms. The maximum atomic E-state index is 13.1. The van der Waals surface area contributed by atoms with Crippen molar-refractivity contribution in [1.82, 2.24) is 24.7 Å². The van der Waals surface area contributed by atoms with Gasteiger partial charge in [0.2, 0.25) is 11.8 Å². The van der Waals surface area contributed by atoms with E-state index in [0.29, 0.717) is 18.5 Å². The zero-order chi connectivity index (χ0) is 25.3. The number of aryl methyl sites for hydroxylation is 1. The van der Waals surface area contributed by atoms with Gasteiger partial charge in [0, 0.05) is 62.4 Å². The Bertz CT molecular complexity index is 1450. The summed E-state index contributed by atoms with van der Waals surface area (Å²) < 4.78 is 2.07. The summed E-state index contributed by atoms with van der Waals surface area (Å²) in [6.45, 7) is 3.67. The van der Waals surface area contributed by atoms with E-state index in [0.717, 1.165) is 40.8 Å². The van der Waals surface area contributed by atoms with Crippen molar-refractivity contribution in [3.63, 3.8) is 0 Å². The number of hydrogen-bond acceptors (Lipinski definition) is 5. The molecule has 1 aromatic carbocycles. The number of carbonyl (C=O) groups is 3. The third kappa shape index (κ3) is 3.77. The second-order valence-electron chi connectivity index (χ2n) is 11.2. The van der Waals surface area contributed by atoms with E-state index < -0.39 is 6.04 Å². The van der Waals surface area contributed by atoms with Crippen LogP contribution in [0.15, 0.2) is 36.5 Å². The number of rotatable bonds is 4. The molecule has 2 aromatic heterocycles. The van der Waals surface area contributed by atoms with Crippen LogP contribution in [0, 0.1) is 11.8 Å². The van der Waals surface area contributed by atoms with Crippen LogP contribution < -0.4 is 5.32 Å². The van der Waals surface area contributed by atoms with E-state index in [1.165, 1.54) is 43.3 Å². The van der Waals surface area contributed by atoms with Crippen LogP contribution in [-0.2, 0) is 29.7 Å². The molecule has 1 N–H and O–H groups in total. The number of imide groups is 1. The molecular formula is C29H31N5O3.